The van der Waals surface area contributed by atoms with Crippen LogP contribution in [0.1, 0.15) is 5.01 Å². The summed E-state index contributed by atoms with van der Waals surface area (Å²) in [4.78, 5) is 4.50. The topological polar surface area (TPSA) is 57.9 Å². The van der Waals surface area contributed by atoms with Crippen molar-refractivity contribution in [2.75, 3.05) is 5.32 Å². The second-order valence-corrected chi connectivity index (χ2v) is 7.16. The molecule has 0 radical (unpaired) electrons. The minimum atomic E-state index is -0.295. The summed E-state index contributed by atoms with van der Waals surface area (Å²) in [7, 11) is 0. The lowest BCUT2D eigenvalue weighted by Gasteiger charge is -2.07. The molecule has 1 heterocycles. The molecule has 0 fully saturated rings. The average Bonchev–Trinajstić information content (AvgIpc) is 3.27. The van der Waals surface area contributed by atoms with Gasteiger partial charge in [-0.2, -0.15) is 5.26 Å². The SMILES string of the molecule is N#CC(=CNc1ccc(Oc2ccccc2)cc1)c1nc(-c2ccc(F)cc2)cs1. The van der Waals surface area contributed by atoms with Gasteiger partial charge >= 0.3 is 0 Å². The van der Waals surface area contributed by atoms with Crippen LogP contribution in [0.3, 0.4) is 0 Å². The Morgan fingerprint density at radius 1 is 0.967 bits per heavy atom. The van der Waals surface area contributed by atoms with E-state index in [1.807, 2.05) is 60.0 Å². The maximum absolute atomic E-state index is 13.1. The minimum Gasteiger partial charge on any atom is -0.457 e. The number of rotatable bonds is 6. The lowest BCUT2D eigenvalue weighted by Crippen LogP contribution is -1.91. The van der Waals surface area contributed by atoms with Crippen LogP contribution in [0.5, 0.6) is 11.5 Å². The van der Waals surface area contributed by atoms with E-state index in [9.17, 15) is 9.65 Å². The first kappa shape index (κ1) is 19.4. The molecule has 0 aliphatic rings. The van der Waals surface area contributed by atoms with Crippen molar-refractivity contribution in [1.29, 1.82) is 5.26 Å². The van der Waals surface area contributed by atoms with E-state index >= 15 is 0 Å². The molecule has 30 heavy (non-hydrogen) atoms. The van der Waals surface area contributed by atoms with Crippen molar-refractivity contribution in [2.24, 2.45) is 0 Å². The van der Waals surface area contributed by atoms with Gasteiger partial charge in [0.1, 0.15) is 34.0 Å². The maximum Gasteiger partial charge on any atom is 0.136 e. The van der Waals surface area contributed by atoms with Crippen molar-refractivity contribution >= 4 is 22.6 Å². The van der Waals surface area contributed by atoms with Crippen LogP contribution < -0.4 is 10.1 Å². The smallest absolute Gasteiger partial charge is 0.136 e. The van der Waals surface area contributed by atoms with Gasteiger partial charge in [-0.25, -0.2) is 9.37 Å². The third-order valence-corrected chi connectivity index (χ3v) is 5.09. The van der Waals surface area contributed by atoms with E-state index in [4.69, 9.17) is 4.74 Å². The van der Waals surface area contributed by atoms with Crippen LogP contribution in [-0.2, 0) is 0 Å². The van der Waals surface area contributed by atoms with Crippen LogP contribution >= 0.6 is 11.3 Å². The van der Waals surface area contributed by atoms with Gasteiger partial charge in [0.05, 0.1) is 5.69 Å². The number of hydrogen-bond acceptors (Lipinski definition) is 5. The van der Waals surface area contributed by atoms with Crippen molar-refractivity contribution in [1.82, 2.24) is 4.98 Å². The van der Waals surface area contributed by atoms with E-state index in [0.717, 1.165) is 22.7 Å². The second kappa shape index (κ2) is 9.03. The van der Waals surface area contributed by atoms with Gasteiger partial charge in [0.2, 0.25) is 0 Å². The van der Waals surface area contributed by atoms with E-state index in [0.29, 0.717) is 16.3 Å². The van der Waals surface area contributed by atoms with Crippen LogP contribution in [0.25, 0.3) is 16.8 Å². The number of nitrogens with zero attached hydrogens (tertiary/aromatic N) is 2. The second-order valence-electron chi connectivity index (χ2n) is 6.30. The number of allylic oxidation sites excluding steroid dienone is 1. The first-order valence-corrected chi connectivity index (χ1v) is 10.0. The van der Waals surface area contributed by atoms with E-state index < -0.39 is 0 Å². The molecule has 0 amide bonds. The number of anilines is 1. The molecule has 0 aliphatic heterocycles. The van der Waals surface area contributed by atoms with Gasteiger partial charge < -0.3 is 10.1 Å². The molecule has 3 aromatic carbocycles. The Labute approximate surface area is 177 Å². The average molecular weight is 413 g/mol. The van der Waals surface area contributed by atoms with Crippen molar-refractivity contribution < 1.29 is 9.13 Å². The molecule has 1 aromatic heterocycles. The summed E-state index contributed by atoms with van der Waals surface area (Å²) < 4.78 is 18.9. The molecule has 4 nitrogen and oxygen atoms in total. The Morgan fingerprint density at radius 2 is 1.67 bits per heavy atom. The van der Waals surface area contributed by atoms with Gasteiger partial charge in [-0.15, -0.1) is 11.3 Å². The van der Waals surface area contributed by atoms with E-state index in [1.54, 1.807) is 18.3 Å². The molecule has 4 aromatic rings. The zero-order valence-electron chi connectivity index (χ0n) is 15.7. The fourth-order valence-corrected chi connectivity index (χ4v) is 3.49. The molecular weight excluding hydrogens is 397 g/mol. The number of aromatic nitrogens is 1. The number of ether oxygens (including phenoxy) is 1. The van der Waals surface area contributed by atoms with Crippen molar-refractivity contribution in [3.63, 3.8) is 0 Å². The lowest BCUT2D eigenvalue weighted by molar-refractivity contribution is 0.483. The van der Waals surface area contributed by atoms with E-state index in [1.165, 1.54) is 23.5 Å². The molecule has 0 saturated carbocycles. The molecule has 146 valence electrons. The van der Waals surface area contributed by atoms with E-state index in [-0.39, 0.29) is 5.82 Å². The number of nitrogens with one attached hydrogen (secondary N) is 1. The number of benzene rings is 3. The molecule has 6 heteroatoms. The van der Waals surface area contributed by atoms with Crippen LogP contribution in [-0.4, -0.2) is 4.98 Å². The maximum atomic E-state index is 13.1. The van der Waals surface area contributed by atoms with Gasteiger partial charge in [0.15, 0.2) is 0 Å². The molecule has 0 bridgehead atoms. The number of hydrogen-bond donors (Lipinski definition) is 1. The third-order valence-electron chi connectivity index (χ3n) is 4.21. The summed E-state index contributed by atoms with van der Waals surface area (Å²) in [6, 6.07) is 25.3. The number of para-hydroxylation sites is 1. The summed E-state index contributed by atoms with van der Waals surface area (Å²) in [5.74, 6) is 1.20. The molecule has 0 unspecified atom stereocenters. The Morgan fingerprint density at radius 3 is 2.37 bits per heavy atom. The van der Waals surface area contributed by atoms with E-state index in [2.05, 4.69) is 16.4 Å². The zero-order valence-corrected chi connectivity index (χ0v) is 16.6. The first-order chi connectivity index (χ1) is 14.7. The fraction of sp³-hybridized carbons (Fsp3) is 0. The number of halogens is 1. The molecule has 0 atom stereocenters. The summed E-state index contributed by atoms with van der Waals surface area (Å²) >= 11 is 1.36. The largest absolute Gasteiger partial charge is 0.457 e. The number of nitriles is 1. The Kier molecular flexibility index (Phi) is 5.83. The van der Waals surface area contributed by atoms with Crippen molar-refractivity contribution in [3.8, 4) is 28.8 Å². The lowest BCUT2D eigenvalue weighted by atomic mass is 10.2. The molecule has 1 N–H and O–H groups in total. The Hall–Kier alpha value is -3.95. The molecular formula is C24H16FN3OS. The highest BCUT2D eigenvalue weighted by Gasteiger charge is 2.09. The van der Waals surface area contributed by atoms with Crippen LogP contribution in [0.15, 0.2) is 90.4 Å². The first-order valence-electron chi connectivity index (χ1n) is 9.13. The summed E-state index contributed by atoms with van der Waals surface area (Å²) in [6.07, 6.45) is 1.63. The summed E-state index contributed by atoms with van der Waals surface area (Å²) in [5.41, 5.74) is 2.74. The minimum absolute atomic E-state index is 0.295. The van der Waals surface area contributed by atoms with Gasteiger partial charge in [0, 0.05) is 22.8 Å². The van der Waals surface area contributed by atoms with Gasteiger partial charge in [0.25, 0.3) is 0 Å². The third kappa shape index (κ3) is 4.72. The van der Waals surface area contributed by atoms with Gasteiger partial charge in [-0.05, 0) is 60.7 Å². The van der Waals surface area contributed by atoms with Crippen molar-refractivity contribution in [2.45, 2.75) is 0 Å². The normalized spacial score (nSPS) is 11.0. The van der Waals surface area contributed by atoms with Crippen LogP contribution in [0, 0.1) is 17.1 Å². The Bertz CT molecular complexity index is 1190. The predicted molar refractivity (Wildman–Crippen MR) is 118 cm³/mol. The van der Waals surface area contributed by atoms with Crippen molar-refractivity contribution in [3.05, 3.63) is 101 Å². The van der Waals surface area contributed by atoms with Crippen LogP contribution in [0.4, 0.5) is 10.1 Å². The van der Waals surface area contributed by atoms with Crippen LogP contribution in [0.2, 0.25) is 0 Å². The van der Waals surface area contributed by atoms with Gasteiger partial charge in [-0.3, -0.25) is 0 Å². The highest BCUT2D eigenvalue weighted by atomic mass is 32.1. The van der Waals surface area contributed by atoms with Gasteiger partial charge in [-0.1, -0.05) is 18.2 Å². The molecule has 0 spiro atoms. The highest BCUT2D eigenvalue weighted by molar-refractivity contribution is 7.11. The summed E-state index contributed by atoms with van der Waals surface area (Å²) in [5, 5.41) is 15.1. The molecule has 0 aliphatic carbocycles. The monoisotopic (exact) mass is 413 g/mol. The zero-order chi connectivity index (χ0) is 20.8. The predicted octanol–water partition coefficient (Wildman–Crippen LogP) is 6.72. The molecule has 0 saturated heterocycles. The highest BCUT2D eigenvalue weighted by Crippen LogP contribution is 2.27. The standard InChI is InChI=1S/C24H16FN3OS/c25-19-8-6-17(7-9-19)23-16-30-24(28-23)18(14-26)15-27-20-10-12-22(13-11-20)29-21-4-2-1-3-5-21/h1-13,15-16,27H. The quantitative estimate of drug-likeness (QED) is 0.357. The molecule has 4 rings (SSSR count). The Balaban J connectivity index is 1.45. The fourth-order valence-electron chi connectivity index (χ4n) is 2.69. The number of thiazole rings is 1. The summed E-state index contributed by atoms with van der Waals surface area (Å²) in [6.45, 7) is 0.